The maximum absolute atomic E-state index is 8.92. The summed E-state index contributed by atoms with van der Waals surface area (Å²) < 4.78 is -0.246. The molecule has 1 aliphatic rings. The van der Waals surface area contributed by atoms with E-state index in [-0.39, 0.29) is 17.3 Å². The largest absolute Gasteiger partial charge is 0.396 e. The Labute approximate surface area is 78.0 Å². The van der Waals surface area contributed by atoms with Gasteiger partial charge in [0.2, 0.25) is 0 Å². The third-order valence-corrected chi connectivity index (χ3v) is 4.19. The van der Waals surface area contributed by atoms with Gasteiger partial charge in [-0.3, -0.25) is 0 Å². The van der Waals surface area contributed by atoms with E-state index in [1.54, 1.807) is 11.8 Å². The van der Waals surface area contributed by atoms with Crippen LogP contribution in [0, 0.1) is 17.2 Å². The highest BCUT2D eigenvalue weighted by Crippen LogP contribution is 2.55. The molecule has 0 bridgehead atoms. The Morgan fingerprint density at radius 1 is 1.83 bits per heavy atom. The van der Waals surface area contributed by atoms with Gasteiger partial charge in [0.05, 0.1) is 6.07 Å². The lowest BCUT2D eigenvalue weighted by Crippen LogP contribution is -2.10. The molecule has 1 fully saturated rings. The molecule has 1 N–H and O–H groups in total. The van der Waals surface area contributed by atoms with Crippen LogP contribution in [0.2, 0.25) is 0 Å². The SMILES string of the molecule is CCC(C)SC1(C#N)CC1CO. The van der Waals surface area contributed by atoms with Gasteiger partial charge < -0.3 is 5.11 Å². The third-order valence-electron chi connectivity index (χ3n) is 2.45. The van der Waals surface area contributed by atoms with Crippen LogP contribution in [0.15, 0.2) is 0 Å². The summed E-state index contributed by atoms with van der Waals surface area (Å²) in [6.45, 7) is 4.42. The summed E-state index contributed by atoms with van der Waals surface area (Å²) in [5.41, 5.74) is 0. The second kappa shape index (κ2) is 3.68. The number of nitriles is 1. The van der Waals surface area contributed by atoms with E-state index < -0.39 is 0 Å². The molecule has 0 saturated heterocycles. The Kier molecular flexibility index (Phi) is 3.03. The van der Waals surface area contributed by atoms with E-state index in [0.29, 0.717) is 5.25 Å². The molecule has 0 spiro atoms. The Morgan fingerprint density at radius 3 is 2.83 bits per heavy atom. The van der Waals surface area contributed by atoms with E-state index in [1.807, 2.05) is 0 Å². The topological polar surface area (TPSA) is 44.0 Å². The first kappa shape index (κ1) is 9.88. The second-order valence-electron chi connectivity index (χ2n) is 3.42. The van der Waals surface area contributed by atoms with Crippen molar-refractivity contribution in [3.05, 3.63) is 0 Å². The van der Waals surface area contributed by atoms with Gasteiger partial charge in [0, 0.05) is 17.8 Å². The van der Waals surface area contributed by atoms with Crippen LogP contribution < -0.4 is 0 Å². The zero-order valence-electron chi connectivity index (χ0n) is 7.58. The molecule has 1 rings (SSSR count). The first-order chi connectivity index (χ1) is 5.68. The van der Waals surface area contributed by atoms with Crippen LogP contribution in [-0.2, 0) is 0 Å². The van der Waals surface area contributed by atoms with Crippen LogP contribution in [0.3, 0.4) is 0 Å². The first-order valence-corrected chi connectivity index (χ1v) is 5.26. The van der Waals surface area contributed by atoms with E-state index >= 15 is 0 Å². The van der Waals surface area contributed by atoms with Crippen molar-refractivity contribution in [2.45, 2.75) is 36.7 Å². The van der Waals surface area contributed by atoms with Crippen LogP contribution in [0.4, 0.5) is 0 Å². The van der Waals surface area contributed by atoms with E-state index in [4.69, 9.17) is 10.4 Å². The number of hydrogen-bond acceptors (Lipinski definition) is 3. The normalized spacial score (nSPS) is 35.7. The third kappa shape index (κ3) is 1.75. The molecule has 0 heterocycles. The molecule has 0 amide bonds. The first-order valence-electron chi connectivity index (χ1n) is 4.38. The van der Waals surface area contributed by atoms with Crippen molar-refractivity contribution in [3.8, 4) is 6.07 Å². The average Bonchev–Trinajstić information content (AvgIpc) is 2.79. The molecule has 12 heavy (non-hydrogen) atoms. The lowest BCUT2D eigenvalue weighted by Gasteiger charge is -2.12. The summed E-state index contributed by atoms with van der Waals surface area (Å²) in [5.74, 6) is 0.224. The molecule has 68 valence electrons. The fourth-order valence-corrected chi connectivity index (χ4v) is 2.77. The monoisotopic (exact) mass is 185 g/mol. The molecular formula is C9H15NOS. The molecule has 0 aromatic rings. The summed E-state index contributed by atoms with van der Waals surface area (Å²) in [6.07, 6.45) is 1.96. The highest BCUT2D eigenvalue weighted by atomic mass is 32.2. The highest BCUT2D eigenvalue weighted by molar-refractivity contribution is 8.01. The summed E-state index contributed by atoms with van der Waals surface area (Å²) in [5, 5.41) is 18.3. The zero-order chi connectivity index (χ0) is 9.19. The minimum Gasteiger partial charge on any atom is -0.396 e. The number of rotatable bonds is 4. The van der Waals surface area contributed by atoms with Crippen molar-refractivity contribution in [2.24, 2.45) is 5.92 Å². The zero-order valence-corrected chi connectivity index (χ0v) is 8.40. The van der Waals surface area contributed by atoms with Crippen LogP contribution >= 0.6 is 11.8 Å². The summed E-state index contributed by atoms with van der Waals surface area (Å²) in [4.78, 5) is 0. The van der Waals surface area contributed by atoms with Gasteiger partial charge in [0.25, 0.3) is 0 Å². The van der Waals surface area contributed by atoms with Crippen molar-refractivity contribution in [1.82, 2.24) is 0 Å². The molecular weight excluding hydrogens is 170 g/mol. The van der Waals surface area contributed by atoms with E-state index in [0.717, 1.165) is 12.8 Å². The van der Waals surface area contributed by atoms with E-state index in [9.17, 15) is 0 Å². The number of aliphatic hydroxyl groups excluding tert-OH is 1. The lowest BCUT2D eigenvalue weighted by molar-refractivity contribution is 0.274. The average molecular weight is 185 g/mol. The van der Waals surface area contributed by atoms with Crippen LogP contribution in [-0.4, -0.2) is 21.7 Å². The smallest absolute Gasteiger partial charge is 0.108 e. The highest BCUT2D eigenvalue weighted by Gasteiger charge is 2.55. The molecule has 0 aliphatic heterocycles. The van der Waals surface area contributed by atoms with Gasteiger partial charge in [-0.25, -0.2) is 0 Å². The number of nitrogens with zero attached hydrogens (tertiary/aromatic N) is 1. The number of aliphatic hydroxyl groups is 1. The van der Waals surface area contributed by atoms with Gasteiger partial charge in [0.15, 0.2) is 0 Å². The fourth-order valence-electron chi connectivity index (χ4n) is 1.27. The molecule has 2 nitrogen and oxygen atoms in total. The van der Waals surface area contributed by atoms with Gasteiger partial charge in [-0.05, 0) is 12.8 Å². The van der Waals surface area contributed by atoms with Crippen molar-refractivity contribution < 1.29 is 5.11 Å². The lowest BCUT2D eigenvalue weighted by atomic mass is 10.3. The molecule has 3 atom stereocenters. The predicted octanol–water partition coefficient (Wildman–Crippen LogP) is 1.79. The Bertz CT molecular complexity index is 201. The molecule has 1 aliphatic carbocycles. The summed E-state index contributed by atoms with van der Waals surface area (Å²) in [6, 6.07) is 2.32. The van der Waals surface area contributed by atoms with Gasteiger partial charge in [-0.2, -0.15) is 5.26 Å². The van der Waals surface area contributed by atoms with Crippen molar-refractivity contribution in [3.63, 3.8) is 0 Å². The maximum atomic E-state index is 8.92. The van der Waals surface area contributed by atoms with Crippen molar-refractivity contribution >= 4 is 11.8 Å². The number of hydrogen-bond donors (Lipinski definition) is 1. The molecule has 0 radical (unpaired) electrons. The van der Waals surface area contributed by atoms with Gasteiger partial charge >= 0.3 is 0 Å². The molecule has 0 aromatic carbocycles. The molecule has 1 saturated carbocycles. The molecule has 0 aromatic heterocycles. The number of thioether (sulfide) groups is 1. The van der Waals surface area contributed by atoms with Crippen molar-refractivity contribution in [2.75, 3.05) is 6.61 Å². The van der Waals surface area contributed by atoms with Crippen LogP contribution in [0.5, 0.6) is 0 Å². The van der Waals surface area contributed by atoms with E-state index in [1.165, 1.54) is 0 Å². The molecule has 3 unspecified atom stereocenters. The minimum absolute atomic E-state index is 0.164. The Hall–Kier alpha value is -0.200. The van der Waals surface area contributed by atoms with E-state index in [2.05, 4.69) is 19.9 Å². The van der Waals surface area contributed by atoms with Gasteiger partial charge in [-0.1, -0.05) is 13.8 Å². The summed E-state index contributed by atoms with van der Waals surface area (Å²) >= 11 is 1.72. The Balaban J connectivity index is 2.45. The van der Waals surface area contributed by atoms with Crippen LogP contribution in [0.25, 0.3) is 0 Å². The van der Waals surface area contributed by atoms with Crippen LogP contribution in [0.1, 0.15) is 26.7 Å². The molecule has 3 heteroatoms. The second-order valence-corrected chi connectivity index (χ2v) is 5.19. The quantitative estimate of drug-likeness (QED) is 0.726. The summed E-state index contributed by atoms with van der Waals surface area (Å²) in [7, 11) is 0. The standard InChI is InChI=1S/C9H15NOS/c1-3-7(2)12-9(6-10)4-8(9)5-11/h7-8,11H,3-5H2,1-2H3. The minimum atomic E-state index is -0.246. The Morgan fingerprint density at radius 2 is 2.50 bits per heavy atom. The van der Waals surface area contributed by atoms with Gasteiger partial charge in [0.1, 0.15) is 4.75 Å². The van der Waals surface area contributed by atoms with Crippen molar-refractivity contribution in [1.29, 1.82) is 5.26 Å². The van der Waals surface area contributed by atoms with Gasteiger partial charge in [-0.15, -0.1) is 11.8 Å². The predicted molar refractivity (Wildman–Crippen MR) is 50.9 cm³/mol. The maximum Gasteiger partial charge on any atom is 0.108 e. The fraction of sp³-hybridized carbons (Fsp3) is 0.889.